The summed E-state index contributed by atoms with van der Waals surface area (Å²) in [6, 6.07) is 12.7. The molecule has 1 aromatic carbocycles. The van der Waals surface area contributed by atoms with Crippen LogP contribution in [0, 0.1) is 17.2 Å². The Balaban J connectivity index is 1.84. The normalized spacial score (nSPS) is 22.1. The highest BCUT2D eigenvalue weighted by Gasteiger charge is 2.29. The first-order chi connectivity index (χ1) is 13.2. The predicted molar refractivity (Wildman–Crippen MR) is 109 cm³/mol. The van der Waals surface area contributed by atoms with Crippen molar-refractivity contribution in [3.05, 3.63) is 47.0 Å². The minimum Gasteiger partial charge on any atom is -0.298 e. The molecule has 0 aliphatic heterocycles. The van der Waals surface area contributed by atoms with Gasteiger partial charge in [-0.1, -0.05) is 55.4 Å². The number of fused-ring (bicyclic) bond motifs is 1. The van der Waals surface area contributed by atoms with Gasteiger partial charge in [0, 0.05) is 12.0 Å². The maximum Gasteiger partial charge on any atom is 0.146 e. The van der Waals surface area contributed by atoms with Crippen molar-refractivity contribution < 1.29 is 4.79 Å². The van der Waals surface area contributed by atoms with Crippen LogP contribution in [0.15, 0.2) is 35.4 Å². The Bertz CT molecular complexity index is 901. The van der Waals surface area contributed by atoms with Gasteiger partial charge in [-0.3, -0.25) is 4.79 Å². The van der Waals surface area contributed by atoms with Gasteiger partial charge < -0.3 is 0 Å². The van der Waals surface area contributed by atoms with E-state index in [1.165, 1.54) is 17.3 Å². The number of thioether (sulfide) groups is 1. The minimum absolute atomic E-state index is 0.0546. The molecule has 0 N–H and O–H groups in total. The van der Waals surface area contributed by atoms with Gasteiger partial charge in [0.25, 0.3) is 0 Å². The van der Waals surface area contributed by atoms with Crippen molar-refractivity contribution in [3.63, 3.8) is 0 Å². The fourth-order valence-corrected chi connectivity index (χ4v) is 5.46. The Morgan fingerprint density at radius 3 is 2.67 bits per heavy atom. The molecule has 2 aliphatic rings. The SMILES string of the molecule is C[C@H]1CCc2c(-c3ccccc3)nc(S[C@@H]3CCCCC3=O)c(C#N)c2C1. The molecule has 138 valence electrons. The number of hydrogen-bond acceptors (Lipinski definition) is 4. The Labute approximate surface area is 165 Å². The van der Waals surface area contributed by atoms with Crippen LogP contribution in [0.2, 0.25) is 0 Å². The summed E-state index contributed by atoms with van der Waals surface area (Å²) in [4.78, 5) is 17.3. The topological polar surface area (TPSA) is 53.8 Å². The highest BCUT2D eigenvalue weighted by molar-refractivity contribution is 8.00. The lowest BCUT2D eigenvalue weighted by Gasteiger charge is -2.27. The van der Waals surface area contributed by atoms with Crippen LogP contribution < -0.4 is 0 Å². The van der Waals surface area contributed by atoms with Crippen LogP contribution in [0.4, 0.5) is 0 Å². The molecular weight excluding hydrogens is 352 g/mol. The average molecular weight is 377 g/mol. The van der Waals surface area contributed by atoms with E-state index in [1.54, 1.807) is 0 Å². The molecule has 0 unspecified atom stereocenters. The maximum atomic E-state index is 12.4. The number of benzene rings is 1. The van der Waals surface area contributed by atoms with Crippen molar-refractivity contribution >= 4 is 17.5 Å². The molecule has 1 heterocycles. The molecule has 0 spiro atoms. The first-order valence-corrected chi connectivity index (χ1v) is 10.8. The molecule has 2 aliphatic carbocycles. The number of rotatable bonds is 3. The summed E-state index contributed by atoms with van der Waals surface area (Å²) in [6.45, 7) is 2.25. The fourth-order valence-electron chi connectivity index (χ4n) is 4.23. The second kappa shape index (κ2) is 7.86. The molecule has 1 aromatic heterocycles. The predicted octanol–water partition coefficient (Wildman–Crippen LogP) is 5.35. The van der Waals surface area contributed by atoms with Gasteiger partial charge in [0.2, 0.25) is 0 Å². The summed E-state index contributed by atoms with van der Waals surface area (Å²) in [7, 11) is 0. The van der Waals surface area contributed by atoms with Crippen LogP contribution in [0.3, 0.4) is 0 Å². The van der Waals surface area contributed by atoms with Gasteiger partial charge in [-0.05, 0) is 49.1 Å². The molecule has 1 fully saturated rings. The van der Waals surface area contributed by atoms with Crippen LogP contribution in [-0.4, -0.2) is 16.0 Å². The number of nitriles is 1. The molecule has 3 nitrogen and oxygen atoms in total. The van der Waals surface area contributed by atoms with Crippen molar-refractivity contribution in [2.24, 2.45) is 5.92 Å². The standard InChI is InChI=1S/C23H24N2OS/c1-15-11-12-17-18(13-15)19(14-24)23(27-21-10-6-5-9-20(21)26)25-22(17)16-7-3-2-4-8-16/h2-4,7-8,15,21H,5-6,9-13H2,1H3/t15-,21+/m0/s1. The summed E-state index contributed by atoms with van der Waals surface area (Å²) < 4.78 is 0. The largest absolute Gasteiger partial charge is 0.298 e. The quantitative estimate of drug-likeness (QED) is 0.725. The molecule has 4 heteroatoms. The van der Waals surface area contributed by atoms with E-state index in [0.717, 1.165) is 60.4 Å². The van der Waals surface area contributed by atoms with E-state index in [-0.39, 0.29) is 5.25 Å². The second-order valence-corrected chi connectivity index (χ2v) is 8.93. The lowest BCUT2D eigenvalue weighted by atomic mass is 9.81. The van der Waals surface area contributed by atoms with Crippen LogP contribution in [-0.2, 0) is 17.6 Å². The zero-order chi connectivity index (χ0) is 18.8. The summed E-state index contributed by atoms with van der Waals surface area (Å²) >= 11 is 1.52. The van der Waals surface area contributed by atoms with E-state index in [1.807, 2.05) is 18.2 Å². The number of ketones is 1. The number of carbonyl (C=O) groups excluding carboxylic acids is 1. The average Bonchev–Trinajstić information content (AvgIpc) is 2.69. The Kier molecular flexibility index (Phi) is 5.31. The Morgan fingerprint density at radius 1 is 1.11 bits per heavy atom. The number of nitrogens with zero attached hydrogens (tertiary/aromatic N) is 2. The van der Waals surface area contributed by atoms with Gasteiger partial charge in [-0.25, -0.2) is 4.98 Å². The first kappa shape index (κ1) is 18.3. The Hall–Kier alpha value is -2.12. The third-order valence-corrected chi connectivity index (χ3v) is 7.03. The van der Waals surface area contributed by atoms with Crippen molar-refractivity contribution in [2.75, 3.05) is 0 Å². The van der Waals surface area contributed by atoms with Gasteiger partial charge in [0.1, 0.15) is 16.9 Å². The van der Waals surface area contributed by atoms with Gasteiger partial charge in [0.05, 0.1) is 16.5 Å². The lowest BCUT2D eigenvalue weighted by molar-refractivity contribution is -0.119. The van der Waals surface area contributed by atoms with Crippen molar-refractivity contribution in [3.8, 4) is 17.3 Å². The van der Waals surface area contributed by atoms with Crippen LogP contribution in [0.25, 0.3) is 11.3 Å². The van der Waals surface area contributed by atoms with Crippen LogP contribution >= 0.6 is 11.8 Å². The van der Waals surface area contributed by atoms with Gasteiger partial charge in [0.15, 0.2) is 0 Å². The molecule has 0 bridgehead atoms. The second-order valence-electron chi connectivity index (χ2n) is 7.74. The van der Waals surface area contributed by atoms with Crippen LogP contribution in [0.1, 0.15) is 55.7 Å². The molecule has 0 radical (unpaired) electrons. The summed E-state index contributed by atoms with van der Waals surface area (Å²) in [5, 5.41) is 10.6. The van der Waals surface area contributed by atoms with Crippen molar-refractivity contribution in [2.45, 2.75) is 62.1 Å². The zero-order valence-corrected chi connectivity index (χ0v) is 16.5. The number of hydrogen-bond donors (Lipinski definition) is 0. The molecule has 27 heavy (non-hydrogen) atoms. The maximum absolute atomic E-state index is 12.4. The first-order valence-electron chi connectivity index (χ1n) is 9.88. The van der Waals surface area contributed by atoms with Crippen molar-refractivity contribution in [1.82, 2.24) is 4.98 Å². The van der Waals surface area contributed by atoms with Crippen molar-refractivity contribution in [1.29, 1.82) is 5.26 Å². The lowest BCUT2D eigenvalue weighted by Crippen LogP contribution is -2.22. The third kappa shape index (κ3) is 3.66. The highest BCUT2D eigenvalue weighted by atomic mass is 32.2. The number of aromatic nitrogens is 1. The van der Waals surface area contributed by atoms with Gasteiger partial charge >= 0.3 is 0 Å². The van der Waals surface area contributed by atoms with Gasteiger partial charge in [-0.15, -0.1) is 0 Å². The highest BCUT2D eigenvalue weighted by Crippen LogP contribution is 2.40. The third-order valence-electron chi connectivity index (χ3n) is 5.73. The van der Waals surface area contributed by atoms with E-state index < -0.39 is 0 Å². The summed E-state index contributed by atoms with van der Waals surface area (Å²) in [5.74, 6) is 0.883. The minimum atomic E-state index is -0.0546. The number of pyridine rings is 1. The van der Waals surface area contributed by atoms with E-state index in [2.05, 4.69) is 25.1 Å². The molecule has 2 atom stereocenters. The van der Waals surface area contributed by atoms with Crippen LogP contribution in [0.5, 0.6) is 0 Å². The molecular formula is C23H24N2OS. The van der Waals surface area contributed by atoms with E-state index in [9.17, 15) is 10.1 Å². The number of Topliss-reactive ketones (excluding diaryl/α,β-unsaturated/α-hetero) is 1. The molecule has 0 saturated heterocycles. The molecule has 4 rings (SSSR count). The molecule has 2 aromatic rings. The van der Waals surface area contributed by atoms with E-state index in [0.29, 0.717) is 23.7 Å². The molecule has 1 saturated carbocycles. The van der Waals surface area contributed by atoms with Gasteiger partial charge in [-0.2, -0.15) is 5.26 Å². The number of carbonyl (C=O) groups is 1. The monoisotopic (exact) mass is 376 g/mol. The zero-order valence-electron chi connectivity index (χ0n) is 15.7. The fraction of sp³-hybridized carbons (Fsp3) is 0.435. The van der Waals surface area contributed by atoms with E-state index >= 15 is 0 Å². The Morgan fingerprint density at radius 2 is 1.93 bits per heavy atom. The smallest absolute Gasteiger partial charge is 0.146 e. The van der Waals surface area contributed by atoms with E-state index in [4.69, 9.17) is 4.98 Å². The molecule has 0 amide bonds. The summed E-state index contributed by atoms with van der Waals surface area (Å²) in [5.41, 5.74) is 5.21. The summed E-state index contributed by atoms with van der Waals surface area (Å²) in [6.07, 6.45) is 6.65.